The molecule has 34 heavy (non-hydrogen) atoms. The lowest BCUT2D eigenvalue weighted by Crippen LogP contribution is -2.01. The van der Waals surface area contributed by atoms with Gasteiger partial charge in [-0.2, -0.15) is 10.2 Å². The van der Waals surface area contributed by atoms with Crippen molar-refractivity contribution in [3.05, 3.63) is 134 Å². The van der Waals surface area contributed by atoms with E-state index in [1.54, 1.807) is 0 Å². The van der Waals surface area contributed by atoms with Gasteiger partial charge in [-0.15, -0.1) is 0 Å². The molecule has 2 aromatic heterocycles. The number of hydrogen-bond donors (Lipinski definition) is 0. The molecule has 0 aliphatic rings. The summed E-state index contributed by atoms with van der Waals surface area (Å²) in [7, 11) is 0. The first-order valence-corrected chi connectivity index (χ1v) is 11.3. The highest BCUT2D eigenvalue weighted by molar-refractivity contribution is 5.83. The third kappa shape index (κ3) is 3.61. The van der Waals surface area contributed by atoms with E-state index in [2.05, 4.69) is 66.9 Å². The van der Waals surface area contributed by atoms with Gasteiger partial charge in [0.05, 0.1) is 11.9 Å². The van der Waals surface area contributed by atoms with Crippen LogP contribution < -0.4 is 0 Å². The first-order chi connectivity index (χ1) is 16.9. The quantitative estimate of drug-likeness (QED) is 0.289. The Morgan fingerprint density at radius 3 is 1.65 bits per heavy atom. The van der Waals surface area contributed by atoms with Gasteiger partial charge in [-0.1, -0.05) is 109 Å². The molecule has 0 bridgehead atoms. The lowest BCUT2D eigenvalue weighted by molar-refractivity contribution is 0.876. The number of para-hydroxylation sites is 1. The molecule has 6 aromatic rings. The zero-order valence-corrected chi connectivity index (χ0v) is 18.5. The Balaban J connectivity index is 1.65. The SMILES string of the molecule is c1ccc(-c2cnn(-c3c(-c4ccccc4)nn(-c4ccccc4)c3-c3ccccc3)c2)cc1. The van der Waals surface area contributed by atoms with Crippen molar-refractivity contribution in [2.75, 3.05) is 0 Å². The summed E-state index contributed by atoms with van der Waals surface area (Å²) in [6, 6.07) is 41.3. The normalized spacial score (nSPS) is 10.9. The topological polar surface area (TPSA) is 35.6 Å². The van der Waals surface area contributed by atoms with Crippen LogP contribution in [0.1, 0.15) is 0 Å². The summed E-state index contributed by atoms with van der Waals surface area (Å²) in [5.41, 5.74) is 8.13. The van der Waals surface area contributed by atoms with Crippen molar-refractivity contribution in [3.8, 4) is 45.0 Å². The fourth-order valence-electron chi connectivity index (χ4n) is 4.25. The molecule has 0 amide bonds. The summed E-state index contributed by atoms with van der Waals surface area (Å²) in [6.45, 7) is 0. The van der Waals surface area contributed by atoms with Crippen molar-refractivity contribution in [2.45, 2.75) is 0 Å². The highest BCUT2D eigenvalue weighted by Crippen LogP contribution is 2.37. The van der Waals surface area contributed by atoms with Crippen molar-refractivity contribution in [3.63, 3.8) is 0 Å². The van der Waals surface area contributed by atoms with Crippen LogP contribution in [-0.2, 0) is 0 Å². The monoisotopic (exact) mass is 438 g/mol. The molecule has 4 nitrogen and oxygen atoms in total. The fourth-order valence-corrected chi connectivity index (χ4v) is 4.25. The van der Waals surface area contributed by atoms with Gasteiger partial charge in [-0.3, -0.25) is 0 Å². The second kappa shape index (κ2) is 8.68. The predicted molar refractivity (Wildman–Crippen MR) is 137 cm³/mol. The van der Waals surface area contributed by atoms with E-state index in [-0.39, 0.29) is 0 Å². The highest BCUT2D eigenvalue weighted by Gasteiger charge is 2.24. The van der Waals surface area contributed by atoms with Gasteiger partial charge in [0, 0.05) is 22.9 Å². The predicted octanol–water partition coefficient (Wildman–Crippen LogP) is 7.06. The molecule has 0 spiro atoms. The van der Waals surface area contributed by atoms with Gasteiger partial charge in [0.25, 0.3) is 0 Å². The summed E-state index contributed by atoms with van der Waals surface area (Å²) in [5.74, 6) is 0. The molecular formula is C30H22N4. The smallest absolute Gasteiger partial charge is 0.119 e. The van der Waals surface area contributed by atoms with Crippen molar-refractivity contribution in [1.82, 2.24) is 19.6 Å². The molecule has 6 rings (SSSR count). The van der Waals surface area contributed by atoms with Crippen LogP contribution in [0.15, 0.2) is 134 Å². The maximum Gasteiger partial charge on any atom is 0.119 e. The Labute approximate surface area is 198 Å². The summed E-state index contributed by atoms with van der Waals surface area (Å²) in [4.78, 5) is 0. The average molecular weight is 439 g/mol. The van der Waals surface area contributed by atoms with Gasteiger partial charge in [-0.05, 0) is 17.7 Å². The Kier molecular flexibility index (Phi) is 5.09. The van der Waals surface area contributed by atoms with E-state index in [4.69, 9.17) is 10.2 Å². The van der Waals surface area contributed by atoms with Crippen molar-refractivity contribution in [2.24, 2.45) is 0 Å². The molecule has 0 aliphatic heterocycles. The van der Waals surface area contributed by atoms with Gasteiger partial charge >= 0.3 is 0 Å². The summed E-state index contributed by atoms with van der Waals surface area (Å²) in [6.07, 6.45) is 4.00. The Morgan fingerprint density at radius 2 is 1.03 bits per heavy atom. The van der Waals surface area contributed by atoms with E-state index in [0.29, 0.717) is 0 Å². The molecule has 4 aromatic carbocycles. The van der Waals surface area contributed by atoms with Crippen LogP contribution >= 0.6 is 0 Å². The first-order valence-electron chi connectivity index (χ1n) is 11.3. The van der Waals surface area contributed by atoms with Crippen LogP contribution in [0.3, 0.4) is 0 Å². The van der Waals surface area contributed by atoms with E-state index >= 15 is 0 Å². The minimum atomic E-state index is 0.881. The molecule has 0 radical (unpaired) electrons. The molecule has 4 heteroatoms. The van der Waals surface area contributed by atoms with Crippen molar-refractivity contribution in [1.29, 1.82) is 0 Å². The molecule has 0 atom stereocenters. The van der Waals surface area contributed by atoms with Gasteiger partial charge in [0.1, 0.15) is 17.1 Å². The third-order valence-corrected chi connectivity index (χ3v) is 5.87. The van der Waals surface area contributed by atoms with E-state index in [1.807, 2.05) is 76.2 Å². The van der Waals surface area contributed by atoms with Crippen LogP contribution in [0, 0.1) is 0 Å². The summed E-state index contributed by atoms with van der Waals surface area (Å²) < 4.78 is 3.98. The molecule has 0 unspecified atom stereocenters. The van der Waals surface area contributed by atoms with Crippen molar-refractivity contribution >= 4 is 0 Å². The Hall–Kier alpha value is -4.70. The molecule has 162 valence electrons. The number of nitrogens with zero attached hydrogens (tertiary/aromatic N) is 4. The largest absolute Gasteiger partial charge is 0.236 e. The van der Waals surface area contributed by atoms with Gasteiger partial charge in [0.2, 0.25) is 0 Å². The van der Waals surface area contributed by atoms with Gasteiger partial charge in [0.15, 0.2) is 0 Å². The minimum Gasteiger partial charge on any atom is -0.236 e. The Bertz CT molecular complexity index is 1520. The second-order valence-electron chi connectivity index (χ2n) is 8.06. The molecule has 0 N–H and O–H groups in total. The van der Waals surface area contributed by atoms with Crippen molar-refractivity contribution < 1.29 is 0 Å². The number of rotatable bonds is 5. The van der Waals surface area contributed by atoms with E-state index in [1.165, 1.54) is 0 Å². The molecule has 0 saturated carbocycles. The van der Waals surface area contributed by atoms with Gasteiger partial charge in [-0.25, -0.2) is 9.36 Å². The van der Waals surface area contributed by atoms with Gasteiger partial charge < -0.3 is 0 Å². The number of aromatic nitrogens is 4. The maximum absolute atomic E-state index is 5.14. The number of hydrogen-bond acceptors (Lipinski definition) is 2. The van der Waals surface area contributed by atoms with Crippen LogP contribution in [-0.4, -0.2) is 19.6 Å². The minimum absolute atomic E-state index is 0.881. The van der Waals surface area contributed by atoms with Crippen LogP contribution in [0.25, 0.3) is 45.0 Å². The Morgan fingerprint density at radius 1 is 0.500 bits per heavy atom. The molecule has 0 fully saturated rings. The van der Waals surface area contributed by atoms with E-state index < -0.39 is 0 Å². The molecule has 0 saturated heterocycles. The van der Waals surface area contributed by atoms with E-state index in [9.17, 15) is 0 Å². The lowest BCUT2D eigenvalue weighted by atomic mass is 10.1. The highest BCUT2D eigenvalue weighted by atomic mass is 15.4. The summed E-state index contributed by atoms with van der Waals surface area (Å²) in [5, 5.41) is 9.95. The number of benzene rings is 4. The van der Waals surface area contributed by atoms with E-state index in [0.717, 1.165) is 45.0 Å². The van der Waals surface area contributed by atoms with Crippen LogP contribution in [0.5, 0.6) is 0 Å². The van der Waals surface area contributed by atoms with Crippen LogP contribution in [0.4, 0.5) is 0 Å². The molecule has 0 aliphatic carbocycles. The summed E-state index contributed by atoms with van der Waals surface area (Å²) >= 11 is 0. The standard InChI is InChI=1S/C30H22N4/c1-5-13-23(14-6-1)26-21-31-33(22-26)30-28(24-15-7-2-8-16-24)32-34(27-19-11-4-12-20-27)29(30)25-17-9-3-10-18-25/h1-22H. The zero-order valence-electron chi connectivity index (χ0n) is 18.5. The first kappa shape index (κ1) is 19.9. The van der Waals surface area contributed by atoms with Crippen LogP contribution in [0.2, 0.25) is 0 Å². The average Bonchev–Trinajstić information content (AvgIpc) is 3.56. The fraction of sp³-hybridized carbons (Fsp3) is 0. The molecular weight excluding hydrogens is 416 g/mol. The third-order valence-electron chi connectivity index (χ3n) is 5.87. The maximum atomic E-state index is 5.14. The zero-order chi connectivity index (χ0) is 22.7. The second-order valence-corrected chi connectivity index (χ2v) is 8.06. The molecule has 2 heterocycles. The lowest BCUT2D eigenvalue weighted by Gasteiger charge is -2.10.